The normalized spacial score (nSPS) is 21.8. The molecule has 1 saturated carbocycles. The Bertz CT molecular complexity index is 498. The minimum atomic E-state index is -0.550. The highest BCUT2D eigenvalue weighted by Crippen LogP contribution is 2.45. The van der Waals surface area contributed by atoms with E-state index in [1.54, 1.807) is 13.1 Å². The number of hydrogen-bond donors (Lipinski definition) is 1. The fourth-order valence-corrected chi connectivity index (χ4v) is 2.42. The van der Waals surface area contributed by atoms with E-state index in [9.17, 15) is 5.11 Å². The molecule has 88 valence electrons. The number of β-amino-alcohol motifs (C(OH)–C–C–N with tert-alkyl or cyclic N) is 1. The lowest BCUT2D eigenvalue weighted by Crippen LogP contribution is -2.63. The van der Waals surface area contributed by atoms with Gasteiger partial charge in [-0.1, -0.05) is 0 Å². The van der Waals surface area contributed by atoms with E-state index >= 15 is 0 Å². The van der Waals surface area contributed by atoms with Crippen molar-refractivity contribution in [2.75, 3.05) is 18.0 Å². The van der Waals surface area contributed by atoms with Crippen molar-refractivity contribution in [1.82, 2.24) is 9.97 Å². The summed E-state index contributed by atoms with van der Waals surface area (Å²) in [6, 6.07) is 2.10. The first-order valence-electron chi connectivity index (χ1n) is 5.83. The molecule has 0 bridgehead atoms. The first-order valence-corrected chi connectivity index (χ1v) is 5.83. The molecule has 1 saturated heterocycles. The molecule has 17 heavy (non-hydrogen) atoms. The average molecular weight is 230 g/mol. The summed E-state index contributed by atoms with van der Waals surface area (Å²) in [5.41, 5.74) is -0.0700. The van der Waals surface area contributed by atoms with E-state index in [-0.39, 0.29) is 0 Å². The van der Waals surface area contributed by atoms with Crippen LogP contribution in [0.1, 0.15) is 24.2 Å². The number of hydrogen-bond acceptors (Lipinski definition) is 5. The van der Waals surface area contributed by atoms with Gasteiger partial charge in [0.1, 0.15) is 28.9 Å². The zero-order chi connectivity index (χ0) is 12.0. The van der Waals surface area contributed by atoms with Crippen LogP contribution in [0, 0.1) is 24.2 Å². The van der Waals surface area contributed by atoms with Crippen LogP contribution in [-0.2, 0) is 0 Å². The predicted octanol–water partition coefficient (Wildman–Crippen LogP) is 0.618. The summed E-state index contributed by atoms with van der Waals surface area (Å²) in [6.07, 6.45) is 3.79. The molecule has 0 atom stereocenters. The van der Waals surface area contributed by atoms with Crippen molar-refractivity contribution < 1.29 is 5.11 Å². The van der Waals surface area contributed by atoms with Gasteiger partial charge in [-0.3, -0.25) is 0 Å². The number of aromatic nitrogens is 2. The molecule has 0 spiro atoms. The lowest BCUT2D eigenvalue weighted by molar-refractivity contribution is -0.00979. The molecule has 1 aliphatic heterocycles. The standard InChI is InChI=1S/C12H14N4O/c1-8-14-5-9(4-13)11(15-8)16-6-12(17,7-16)10-2-3-10/h5,10,17H,2-3,6-7H2,1H3. The number of nitrogens with zero attached hydrogens (tertiary/aromatic N) is 4. The highest BCUT2D eigenvalue weighted by molar-refractivity contribution is 5.55. The molecule has 2 heterocycles. The van der Waals surface area contributed by atoms with Gasteiger partial charge >= 0.3 is 0 Å². The van der Waals surface area contributed by atoms with E-state index < -0.39 is 5.60 Å². The van der Waals surface area contributed by atoms with Crippen LogP contribution in [0.15, 0.2) is 6.20 Å². The topological polar surface area (TPSA) is 73.0 Å². The van der Waals surface area contributed by atoms with E-state index in [0.29, 0.717) is 36.2 Å². The van der Waals surface area contributed by atoms with Gasteiger partial charge < -0.3 is 10.0 Å². The van der Waals surface area contributed by atoms with Gasteiger partial charge in [0.25, 0.3) is 0 Å². The van der Waals surface area contributed by atoms with E-state index in [1.165, 1.54) is 0 Å². The van der Waals surface area contributed by atoms with Crippen molar-refractivity contribution >= 4 is 5.82 Å². The molecular weight excluding hydrogens is 216 g/mol. The van der Waals surface area contributed by atoms with Gasteiger partial charge in [0, 0.05) is 0 Å². The molecular formula is C12H14N4O. The number of nitriles is 1. The van der Waals surface area contributed by atoms with Crippen LogP contribution in [0.4, 0.5) is 5.82 Å². The van der Waals surface area contributed by atoms with Crippen LogP contribution in [0.3, 0.4) is 0 Å². The van der Waals surface area contributed by atoms with Crippen LogP contribution >= 0.6 is 0 Å². The zero-order valence-corrected chi connectivity index (χ0v) is 9.72. The molecule has 1 aliphatic carbocycles. The molecule has 0 radical (unpaired) electrons. The van der Waals surface area contributed by atoms with Gasteiger partial charge in [0.05, 0.1) is 19.3 Å². The maximum atomic E-state index is 10.2. The molecule has 0 aromatic carbocycles. The minimum Gasteiger partial charge on any atom is -0.386 e. The highest BCUT2D eigenvalue weighted by atomic mass is 16.3. The zero-order valence-electron chi connectivity index (χ0n) is 9.72. The van der Waals surface area contributed by atoms with Gasteiger partial charge in [0.2, 0.25) is 0 Å². The summed E-state index contributed by atoms with van der Waals surface area (Å²) in [4.78, 5) is 10.3. The predicted molar refractivity (Wildman–Crippen MR) is 61.4 cm³/mol. The summed E-state index contributed by atoms with van der Waals surface area (Å²) in [5, 5.41) is 19.3. The van der Waals surface area contributed by atoms with E-state index in [4.69, 9.17) is 5.26 Å². The maximum Gasteiger partial charge on any atom is 0.150 e. The molecule has 1 aromatic heterocycles. The van der Waals surface area contributed by atoms with Gasteiger partial charge in [-0.25, -0.2) is 9.97 Å². The second kappa shape index (κ2) is 3.41. The Kier molecular flexibility index (Phi) is 2.10. The maximum absolute atomic E-state index is 10.2. The Morgan fingerprint density at radius 1 is 1.53 bits per heavy atom. The Balaban J connectivity index is 1.82. The smallest absolute Gasteiger partial charge is 0.150 e. The van der Waals surface area contributed by atoms with Crippen molar-refractivity contribution in [2.24, 2.45) is 5.92 Å². The SMILES string of the molecule is Cc1ncc(C#N)c(N2CC(O)(C3CC3)C2)n1. The summed E-state index contributed by atoms with van der Waals surface area (Å²) in [7, 11) is 0. The Hall–Kier alpha value is -1.67. The first-order chi connectivity index (χ1) is 8.12. The number of rotatable bonds is 2. The Morgan fingerprint density at radius 3 is 2.82 bits per heavy atom. The molecule has 1 N–H and O–H groups in total. The van der Waals surface area contributed by atoms with Crippen LogP contribution in [0.2, 0.25) is 0 Å². The number of aliphatic hydroxyl groups is 1. The second-order valence-corrected chi connectivity index (χ2v) is 5.00. The third-order valence-corrected chi connectivity index (χ3v) is 3.58. The fourth-order valence-electron chi connectivity index (χ4n) is 2.42. The average Bonchev–Trinajstić information content (AvgIpc) is 3.08. The fraction of sp³-hybridized carbons (Fsp3) is 0.583. The number of aryl methyl sites for hydroxylation is 1. The summed E-state index contributed by atoms with van der Waals surface area (Å²) >= 11 is 0. The van der Waals surface area contributed by atoms with E-state index in [1.807, 2.05) is 4.90 Å². The van der Waals surface area contributed by atoms with Gasteiger partial charge in [-0.05, 0) is 25.7 Å². The molecule has 3 rings (SSSR count). The lowest BCUT2D eigenvalue weighted by Gasteiger charge is -2.47. The van der Waals surface area contributed by atoms with Crippen molar-refractivity contribution in [2.45, 2.75) is 25.4 Å². The van der Waals surface area contributed by atoms with E-state index in [0.717, 1.165) is 12.8 Å². The molecule has 0 unspecified atom stereocenters. The molecule has 5 heteroatoms. The molecule has 2 aliphatic rings. The molecule has 5 nitrogen and oxygen atoms in total. The van der Waals surface area contributed by atoms with Gasteiger partial charge in [0.15, 0.2) is 0 Å². The first kappa shape index (κ1) is 10.5. The molecule has 2 fully saturated rings. The highest BCUT2D eigenvalue weighted by Gasteiger charge is 2.52. The second-order valence-electron chi connectivity index (χ2n) is 5.00. The lowest BCUT2D eigenvalue weighted by atomic mass is 9.88. The Labute approximate surface area is 99.7 Å². The van der Waals surface area contributed by atoms with Crippen molar-refractivity contribution in [3.05, 3.63) is 17.6 Å². The minimum absolute atomic E-state index is 0.451. The summed E-state index contributed by atoms with van der Waals surface area (Å²) < 4.78 is 0. The quantitative estimate of drug-likeness (QED) is 0.806. The van der Waals surface area contributed by atoms with Crippen molar-refractivity contribution in [3.8, 4) is 6.07 Å². The third kappa shape index (κ3) is 1.65. The summed E-state index contributed by atoms with van der Waals surface area (Å²) in [5.74, 6) is 1.76. The monoisotopic (exact) mass is 230 g/mol. The largest absolute Gasteiger partial charge is 0.386 e. The van der Waals surface area contributed by atoms with Gasteiger partial charge in [-0.2, -0.15) is 5.26 Å². The summed E-state index contributed by atoms with van der Waals surface area (Å²) in [6.45, 7) is 2.98. The van der Waals surface area contributed by atoms with Crippen LogP contribution < -0.4 is 4.90 Å². The van der Waals surface area contributed by atoms with E-state index in [2.05, 4.69) is 16.0 Å². The Morgan fingerprint density at radius 2 is 2.24 bits per heavy atom. The van der Waals surface area contributed by atoms with Crippen molar-refractivity contribution in [1.29, 1.82) is 5.26 Å². The van der Waals surface area contributed by atoms with Crippen LogP contribution in [-0.4, -0.2) is 33.8 Å². The molecule has 1 aromatic rings. The van der Waals surface area contributed by atoms with Gasteiger partial charge in [-0.15, -0.1) is 0 Å². The van der Waals surface area contributed by atoms with Crippen molar-refractivity contribution in [3.63, 3.8) is 0 Å². The number of anilines is 1. The molecule has 0 amide bonds. The van der Waals surface area contributed by atoms with Crippen LogP contribution in [0.5, 0.6) is 0 Å². The third-order valence-electron chi connectivity index (χ3n) is 3.58. The van der Waals surface area contributed by atoms with Crippen LogP contribution in [0.25, 0.3) is 0 Å².